The number of rotatable bonds is 4. The molecule has 0 fully saturated rings. The highest BCUT2D eigenvalue weighted by molar-refractivity contribution is 6.09. The van der Waals surface area contributed by atoms with E-state index in [-0.39, 0.29) is 0 Å². The summed E-state index contributed by atoms with van der Waals surface area (Å²) in [7, 11) is 0. The molecule has 0 spiro atoms. The van der Waals surface area contributed by atoms with E-state index >= 15 is 0 Å². The third-order valence-corrected chi connectivity index (χ3v) is 7.10. The Bertz CT molecular complexity index is 2070. The summed E-state index contributed by atoms with van der Waals surface area (Å²) in [5, 5.41) is 2.21. The zero-order valence-electron chi connectivity index (χ0n) is 21.3. The van der Waals surface area contributed by atoms with Crippen molar-refractivity contribution in [1.29, 1.82) is 0 Å². The number of nitrogens with zero attached hydrogens (tertiary/aromatic N) is 5. The van der Waals surface area contributed by atoms with Crippen molar-refractivity contribution < 1.29 is 4.42 Å². The summed E-state index contributed by atoms with van der Waals surface area (Å²) in [6.45, 7) is 0. The molecule has 0 atom stereocenters. The SMILES string of the molecule is c1ccc(-c2nc(-c3ccccc3)nc(-n3c4ccccc4c4ccc(-c5nc6ccccc6o5)cc43)n2)cc1. The average Bonchev–Trinajstić information content (AvgIpc) is 3.61. The first-order valence-electron chi connectivity index (χ1n) is 13.1. The smallest absolute Gasteiger partial charge is 0.238 e. The Labute approximate surface area is 229 Å². The molecule has 0 N–H and O–H groups in total. The van der Waals surface area contributed by atoms with E-state index in [2.05, 4.69) is 41.0 Å². The van der Waals surface area contributed by atoms with Gasteiger partial charge < -0.3 is 4.42 Å². The average molecular weight is 516 g/mol. The minimum Gasteiger partial charge on any atom is -0.436 e. The van der Waals surface area contributed by atoms with Crippen LogP contribution in [0.4, 0.5) is 0 Å². The highest BCUT2D eigenvalue weighted by Gasteiger charge is 2.19. The van der Waals surface area contributed by atoms with Gasteiger partial charge in [0.1, 0.15) is 5.52 Å². The molecule has 3 aromatic heterocycles. The van der Waals surface area contributed by atoms with Crippen LogP contribution in [0.3, 0.4) is 0 Å². The standard InChI is InChI=1S/C34H21N5O/c1-3-11-22(12-4-1)31-36-32(23-13-5-2-6-14-23)38-34(37-31)39-28-17-9-7-15-25(28)26-20-19-24(21-29(26)39)33-35-27-16-8-10-18-30(27)40-33/h1-21H. The van der Waals surface area contributed by atoms with E-state index in [0.717, 1.165) is 49.6 Å². The van der Waals surface area contributed by atoms with Crippen LogP contribution in [0.25, 0.3) is 73.1 Å². The number of fused-ring (bicyclic) bond motifs is 4. The number of benzene rings is 5. The summed E-state index contributed by atoms with van der Waals surface area (Å²) in [6.07, 6.45) is 0. The number of hydrogen-bond acceptors (Lipinski definition) is 5. The number of para-hydroxylation sites is 3. The van der Waals surface area contributed by atoms with E-state index in [1.54, 1.807) is 0 Å². The van der Waals surface area contributed by atoms with E-state index in [1.807, 2.05) is 91.0 Å². The first-order valence-corrected chi connectivity index (χ1v) is 13.1. The maximum Gasteiger partial charge on any atom is 0.238 e. The van der Waals surface area contributed by atoms with Crippen molar-refractivity contribution in [2.24, 2.45) is 0 Å². The zero-order chi connectivity index (χ0) is 26.5. The van der Waals surface area contributed by atoms with Gasteiger partial charge in [-0.3, -0.25) is 4.57 Å². The van der Waals surface area contributed by atoms with Gasteiger partial charge in [0.05, 0.1) is 11.0 Å². The topological polar surface area (TPSA) is 69.6 Å². The molecule has 188 valence electrons. The van der Waals surface area contributed by atoms with Crippen LogP contribution >= 0.6 is 0 Å². The molecular formula is C34H21N5O. The summed E-state index contributed by atoms with van der Waals surface area (Å²) in [5.41, 5.74) is 6.30. The summed E-state index contributed by atoms with van der Waals surface area (Å²) in [6, 6.07) is 42.4. The van der Waals surface area contributed by atoms with Crippen molar-refractivity contribution in [3.8, 4) is 40.2 Å². The molecule has 6 nitrogen and oxygen atoms in total. The number of hydrogen-bond donors (Lipinski definition) is 0. The largest absolute Gasteiger partial charge is 0.436 e. The van der Waals surface area contributed by atoms with Gasteiger partial charge in [-0.25, -0.2) is 9.97 Å². The van der Waals surface area contributed by atoms with Crippen LogP contribution in [0.1, 0.15) is 0 Å². The van der Waals surface area contributed by atoms with Crippen molar-refractivity contribution in [2.45, 2.75) is 0 Å². The van der Waals surface area contributed by atoms with Crippen LogP contribution < -0.4 is 0 Å². The van der Waals surface area contributed by atoms with Gasteiger partial charge in [-0.1, -0.05) is 97.1 Å². The number of aromatic nitrogens is 5. The maximum absolute atomic E-state index is 6.11. The van der Waals surface area contributed by atoms with Gasteiger partial charge in [0.2, 0.25) is 11.8 Å². The Kier molecular flexibility index (Phi) is 5.03. The molecule has 0 saturated heterocycles. The molecule has 6 heteroatoms. The van der Waals surface area contributed by atoms with Crippen LogP contribution in [0, 0.1) is 0 Å². The van der Waals surface area contributed by atoms with Crippen molar-refractivity contribution >= 4 is 32.9 Å². The van der Waals surface area contributed by atoms with E-state index in [0.29, 0.717) is 23.5 Å². The van der Waals surface area contributed by atoms with Gasteiger partial charge in [-0.05, 0) is 30.3 Å². The molecule has 5 aromatic carbocycles. The minimum absolute atomic E-state index is 0.550. The lowest BCUT2D eigenvalue weighted by molar-refractivity contribution is 0.620. The molecular weight excluding hydrogens is 494 g/mol. The lowest BCUT2D eigenvalue weighted by atomic mass is 10.1. The molecule has 40 heavy (non-hydrogen) atoms. The lowest BCUT2D eigenvalue weighted by Gasteiger charge is -2.11. The van der Waals surface area contributed by atoms with Crippen molar-refractivity contribution in [2.75, 3.05) is 0 Å². The molecule has 8 rings (SSSR count). The summed E-state index contributed by atoms with van der Waals surface area (Å²) in [4.78, 5) is 19.6. The fourth-order valence-electron chi connectivity index (χ4n) is 5.21. The molecule has 0 amide bonds. The van der Waals surface area contributed by atoms with Crippen LogP contribution in [0.2, 0.25) is 0 Å². The van der Waals surface area contributed by atoms with Gasteiger partial charge in [0.25, 0.3) is 0 Å². The normalized spacial score (nSPS) is 11.5. The Morgan fingerprint density at radius 2 is 1.10 bits per heavy atom. The van der Waals surface area contributed by atoms with Gasteiger partial charge in [-0.2, -0.15) is 9.97 Å². The number of oxazole rings is 1. The Morgan fingerprint density at radius 3 is 1.82 bits per heavy atom. The second-order valence-electron chi connectivity index (χ2n) is 9.59. The fourth-order valence-corrected chi connectivity index (χ4v) is 5.21. The first kappa shape index (κ1) is 22.4. The van der Waals surface area contributed by atoms with E-state index in [1.165, 1.54) is 0 Å². The second kappa shape index (κ2) is 8.99. The molecule has 8 aromatic rings. The molecule has 0 aliphatic carbocycles. The van der Waals surface area contributed by atoms with Crippen molar-refractivity contribution in [1.82, 2.24) is 24.5 Å². The van der Waals surface area contributed by atoms with E-state index in [4.69, 9.17) is 24.4 Å². The molecule has 0 unspecified atom stereocenters. The third-order valence-electron chi connectivity index (χ3n) is 7.10. The summed E-state index contributed by atoms with van der Waals surface area (Å²) < 4.78 is 8.22. The third kappa shape index (κ3) is 3.66. The van der Waals surface area contributed by atoms with Gasteiger partial charge >= 0.3 is 0 Å². The molecule has 0 saturated carbocycles. The fraction of sp³-hybridized carbons (Fsp3) is 0. The van der Waals surface area contributed by atoms with Gasteiger partial charge in [0.15, 0.2) is 17.2 Å². The molecule has 0 bridgehead atoms. The highest BCUT2D eigenvalue weighted by Crippen LogP contribution is 2.35. The lowest BCUT2D eigenvalue weighted by Crippen LogP contribution is -2.06. The summed E-state index contributed by atoms with van der Waals surface area (Å²) >= 11 is 0. The molecule has 0 aliphatic rings. The molecule has 0 radical (unpaired) electrons. The van der Waals surface area contributed by atoms with Crippen molar-refractivity contribution in [3.63, 3.8) is 0 Å². The van der Waals surface area contributed by atoms with Crippen LogP contribution in [0.5, 0.6) is 0 Å². The van der Waals surface area contributed by atoms with E-state index in [9.17, 15) is 0 Å². The van der Waals surface area contributed by atoms with Gasteiger partial charge in [-0.15, -0.1) is 0 Å². The zero-order valence-corrected chi connectivity index (χ0v) is 21.3. The second-order valence-corrected chi connectivity index (χ2v) is 9.59. The maximum atomic E-state index is 6.11. The van der Waals surface area contributed by atoms with Crippen LogP contribution in [-0.4, -0.2) is 24.5 Å². The predicted molar refractivity (Wildman–Crippen MR) is 158 cm³/mol. The van der Waals surface area contributed by atoms with Crippen LogP contribution in [0.15, 0.2) is 132 Å². The molecule has 3 heterocycles. The Hall–Kier alpha value is -5.62. The predicted octanol–water partition coefficient (Wildman–Crippen LogP) is 8.11. The van der Waals surface area contributed by atoms with Crippen LogP contribution in [-0.2, 0) is 0 Å². The Balaban J connectivity index is 1.41. The quantitative estimate of drug-likeness (QED) is 0.237. The minimum atomic E-state index is 0.550. The summed E-state index contributed by atoms with van der Waals surface area (Å²) in [5.74, 6) is 2.36. The first-order chi connectivity index (χ1) is 19.8. The van der Waals surface area contributed by atoms with Crippen molar-refractivity contribution in [3.05, 3.63) is 127 Å². The molecule has 0 aliphatic heterocycles. The van der Waals surface area contributed by atoms with E-state index < -0.39 is 0 Å². The monoisotopic (exact) mass is 515 g/mol. The van der Waals surface area contributed by atoms with Gasteiger partial charge in [0, 0.05) is 27.5 Å². The Morgan fingerprint density at radius 1 is 0.475 bits per heavy atom. The highest BCUT2D eigenvalue weighted by atomic mass is 16.3.